The molecule has 15 aliphatic carbocycles. The molecule has 1 heterocycles. The molecule has 0 N–H and O–H groups in total. The predicted molar refractivity (Wildman–Crippen MR) is 233 cm³/mol. The molecule has 3 saturated carbocycles. The third-order valence-electron chi connectivity index (χ3n) is 21.2. The van der Waals surface area contributed by atoms with Gasteiger partial charge in [0.1, 0.15) is 0 Å². The topological polar surface area (TPSA) is 26.3 Å². The average Bonchev–Trinajstić information content (AvgIpc) is 4.06. The maximum Gasteiger partial charge on any atom is 0.305 e. The van der Waals surface area contributed by atoms with Crippen molar-refractivity contribution in [1.82, 2.24) is 0 Å². The van der Waals surface area contributed by atoms with E-state index in [0.29, 0.717) is 66.3 Å². The molecular formula is C57H42O2S. The van der Waals surface area contributed by atoms with Crippen LogP contribution in [0.3, 0.4) is 0 Å². The van der Waals surface area contributed by atoms with Crippen LogP contribution in [0.2, 0.25) is 0 Å². The molecule has 60 heavy (non-hydrogen) atoms. The standard InChI is InChI=1S/C57H42O2S/c58-36(59-21-18-24-19-22-60-23-24)7-4-20-55(25-5-2-1-3-6-25)56-34-16-17-35-33-15-13-31-29-11-9-27-26-8-10-28-30-12-14-32(34)43-41(30)46-39(28)37(26)45-38(27)40(29)47-42(31)44(33)54(57(35,55)56)52-50(47)48(45)49(46)51(52)53(43)56/h1-3,5-6,8-10,19,22-23,26-28,34-35,37-40H,4,7,12-18,20-21H2. The maximum atomic E-state index is 13.7. The summed E-state index contributed by atoms with van der Waals surface area (Å²) >= 11 is 1.72. The normalized spacial score (nSPS) is 40.2. The molecule has 3 fully saturated rings. The molecule has 4 aromatic rings. The summed E-state index contributed by atoms with van der Waals surface area (Å²) in [5.74, 6) is 5.28. The Morgan fingerprint density at radius 2 is 1.57 bits per heavy atom. The van der Waals surface area contributed by atoms with E-state index in [4.69, 9.17) is 4.74 Å². The van der Waals surface area contributed by atoms with E-state index in [1.54, 1.807) is 82.3 Å². The first-order chi connectivity index (χ1) is 29.7. The Morgan fingerprint density at radius 1 is 0.783 bits per heavy atom. The fourth-order valence-electron chi connectivity index (χ4n) is 20.7. The van der Waals surface area contributed by atoms with Gasteiger partial charge in [-0.15, -0.1) is 5.73 Å². The molecule has 12 atom stereocenters. The van der Waals surface area contributed by atoms with Gasteiger partial charge in [-0.2, -0.15) is 11.3 Å². The molecule has 12 unspecified atom stereocenters. The molecule has 19 rings (SSSR count). The summed E-state index contributed by atoms with van der Waals surface area (Å²) in [6.45, 7) is 0.478. The number of allylic oxidation sites excluding steroid dienone is 4. The lowest BCUT2D eigenvalue weighted by atomic mass is 9.59. The van der Waals surface area contributed by atoms with Gasteiger partial charge in [-0.25, -0.2) is 0 Å². The lowest BCUT2D eigenvalue weighted by Crippen LogP contribution is -2.43. The molecule has 15 aliphatic rings. The Morgan fingerprint density at radius 3 is 2.38 bits per heavy atom. The largest absolute Gasteiger partial charge is 0.465 e. The van der Waals surface area contributed by atoms with Gasteiger partial charge < -0.3 is 4.74 Å². The average molecular weight is 791 g/mol. The van der Waals surface area contributed by atoms with Crippen molar-refractivity contribution in [2.24, 2.45) is 41.4 Å². The molecule has 0 radical (unpaired) electrons. The van der Waals surface area contributed by atoms with Crippen molar-refractivity contribution in [2.75, 3.05) is 6.61 Å². The molecular weight excluding hydrogens is 749 g/mol. The second kappa shape index (κ2) is 8.95. The van der Waals surface area contributed by atoms with Crippen molar-refractivity contribution >= 4 is 45.2 Å². The molecule has 3 aromatic carbocycles. The number of benzene rings is 3. The molecule has 1 aromatic heterocycles. The van der Waals surface area contributed by atoms with E-state index < -0.39 is 0 Å². The van der Waals surface area contributed by atoms with Crippen LogP contribution in [-0.4, -0.2) is 12.6 Å². The number of fused-ring (bicyclic) bond motifs is 5. The minimum atomic E-state index is -0.0631. The monoisotopic (exact) mass is 790 g/mol. The number of thiophene rings is 1. The lowest BCUT2D eigenvalue weighted by molar-refractivity contribution is -0.143. The minimum Gasteiger partial charge on any atom is -0.465 e. The first-order valence-corrected chi connectivity index (χ1v) is 24.7. The minimum absolute atomic E-state index is 0.0115. The van der Waals surface area contributed by atoms with Crippen LogP contribution >= 0.6 is 11.3 Å². The number of rotatable bonds is 8. The number of ether oxygens (including phenoxy) is 1. The highest BCUT2D eigenvalue weighted by Gasteiger charge is 2.96. The smallest absolute Gasteiger partial charge is 0.305 e. The van der Waals surface area contributed by atoms with Crippen molar-refractivity contribution in [3.8, 4) is 11.1 Å². The Labute approximate surface area is 352 Å². The van der Waals surface area contributed by atoms with E-state index >= 15 is 0 Å². The number of carbonyl (C=O) groups is 1. The summed E-state index contributed by atoms with van der Waals surface area (Å²) in [4.78, 5) is 13.7. The highest BCUT2D eigenvalue weighted by Crippen LogP contribution is 2.94. The van der Waals surface area contributed by atoms with Gasteiger partial charge in [0.2, 0.25) is 0 Å². The van der Waals surface area contributed by atoms with Crippen molar-refractivity contribution < 1.29 is 9.53 Å². The summed E-state index contributed by atoms with van der Waals surface area (Å²) in [7, 11) is 0. The van der Waals surface area contributed by atoms with E-state index in [1.165, 1.54) is 44.1 Å². The van der Waals surface area contributed by atoms with Crippen LogP contribution in [-0.2, 0) is 32.2 Å². The number of hydrogen-bond acceptors (Lipinski definition) is 3. The second-order valence-corrected chi connectivity index (χ2v) is 22.6. The predicted octanol–water partition coefficient (Wildman–Crippen LogP) is 8.15. The van der Waals surface area contributed by atoms with Gasteiger partial charge in [0.05, 0.1) is 6.61 Å². The number of hydrogen-bond donors (Lipinski definition) is 0. The van der Waals surface area contributed by atoms with Crippen LogP contribution in [0, 0.1) is 41.4 Å². The summed E-state index contributed by atoms with van der Waals surface area (Å²) in [5.41, 5.74) is 34.0. The van der Waals surface area contributed by atoms with Crippen molar-refractivity contribution in [1.29, 1.82) is 0 Å². The Bertz CT molecular complexity index is 3450. The Kier molecular flexibility index (Phi) is 4.53. The van der Waals surface area contributed by atoms with E-state index in [0.717, 1.165) is 19.3 Å². The fraction of sp³-hybridized carbons (Fsp3) is 0.404. The molecule has 288 valence electrons. The van der Waals surface area contributed by atoms with Gasteiger partial charge in [-0.05, 0) is 192 Å². The first kappa shape index (κ1) is 30.4. The first-order valence-electron chi connectivity index (χ1n) is 23.8. The van der Waals surface area contributed by atoms with Gasteiger partial charge in [-0.3, -0.25) is 4.79 Å². The third-order valence-corrected chi connectivity index (χ3v) is 22.0. The zero-order valence-corrected chi connectivity index (χ0v) is 34.4. The summed E-state index contributed by atoms with van der Waals surface area (Å²) in [6, 6.07) is 14.2. The van der Waals surface area contributed by atoms with Crippen LogP contribution < -0.4 is 20.9 Å². The van der Waals surface area contributed by atoms with Gasteiger partial charge >= 0.3 is 5.97 Å². The van der Waals surface area contributed by atoms with E-state index in [-0.39, 0.29) is 22.2 Å². The van der Waals surface area contributed by atoms with Crippen LogP contribution in [0.15, 0.2) is 82.3 Å². The quantitative estimate of drug-likeness (QED) is 0.0902. The van der Waals surface area contributed by atoms with Crippen LogP contribution in [0.1, 0.15) is 114 Å². The van der Waals surface area contributed by atoms with Crippen molar-refractivity contribution in [3.63, 3.8) is 0 Å². The number of carbonyl (C=O) groups excluding carboxylic acids is 1. The van der Waals surface area contributed by atoms with Gasteiger partial charge in [0.25, 0.3) is 0 Å². The van der Waals surface area contributed by atoms with Crippen molar-refractivity contribution in [3.05, 3.63) is 148 Å². The van der Waals surface area contributed by atoms with Crippen molar-refractivity contribution in [2.45, 2.75) is 92.3 Å². The van der Waals surface area contributed by atoms with Crippen LogP contribution in [0.25, 0.3) is 39.0 Å². The van der Waals surface area contributed by atoms with E-state index in [9.17, 15) is 4.79 Å². The molecule has 0 saturated heterocycles. The summed E-state index contributed by atoms with van der Waals surface area (Å²) < 4.78 is 6.01. The SMILES string of the molecule is O=C(CCCC1(c2ccccc2)C23c4c5c6c7c8c4=C4CCC=8C8=C=CC9C%10C=CC%11C%12=c%13c%14c(c-5c5c%13=C(CC%12)C(CCC42)C513)C6=C(C9C87)C%10C%14%11)OCCc1ccsc1. The molecule has 0 amide bonds. The summed E-state index contributed by atoms with van der Waals surface area (Å²) in [5, 5.41) is 11.4. The van der Waals surface area contributed by atoms with E-state index in [2.05, 4.69) is 71.1 Å². The fourth-order valence-corrected chi connectivity index (χ4v) is 21.4. The van der Waals surface area contributed by atoms with Crippen LogP contribution in [0.4, 0.5) is 0 Å². The lowest BCUT2D eigenvalue weighted by Gasteiger charge is -2.43. The Balaban J connectivity index is 0.957. The maximum absolute atomic E-state index is 13.7. The van der Waals surface area contributed by atoms with Gasteiger partial charge in [0.15, 0.2) is 0 Å². The van der Waals surface area contributed by atoms with Crippen LogP contribution in [0.5, 0.6) is 0 Å². The zero-order chi connectivity index (χ0) is 38.1. The summed E-state index contributed by atoms with van der Waals surface area (Å²) in [6.07, 6.45) is 19.0. The highest BCUT2D eigenvalue weighted by atomic mass is 32.1. The molecule has 2 spiro atoms. The third kappa shape index (κ3) is 2.46. The van der Waals surface area contributed by atoms with E-state index in [1.807, 2.05) is 39.0 Å². The number of esters is 1. The molecule has 3 heteroatoms. The van der Waals surface area contributed by atoms with Gasteiger partial charge in [-0.1, -0.05) is 64.8 Å². The molecule has 0 bridgehead atoms. The highest BCUT2D eigenvalue weighted by molar-refractivity contribution is 7.07. The second-order valence-electron chi connectivity index (χ2n) is 21.8. The van der Waals surface area contributed by atoms with Gasteiger partial charge in [0, 0.05) is 58.3 Å². The molecule has 0 aliphatic heterocycles. The Hall–Kier alpha value is -4.69. The zero-order valence-electron chi connectivity index (χ0n) is 33.5. The molecule has 2 nitrogen and oxygen atoms in total.